The molecule has 1 aromatic carbocycles. The van der Waals surface area contributed by atoms with Gasteiger partial charge < -0.3 is 20.7 Å². The van der Waals surface area contributed by atoms with Crippen molar-refractivity contribution >= 4 is 39.9 Å². The van der Waals surface area contributed by atoms with E-state index in [0.29, 0.717) is 0 Å². The molecule has 142 valence electrons. The molecule has 0 aliphatic carbocycles. The van der Waals surface area contributed by atoms with E-state index in [1.54, 1.807) is 18.0 Å². The Morgan fingerprint density at radius 2 is 2.08 bits per heavy atom. The molecular weight excluding hydrogens is 368 g/mol. The zero-order chi connectivity index (χ0) is 18.9. The Balaban J connectivity index is 2.05. The predicted octanol–water partition coefficient (Wildman–Crippen LogP) is 5.40. The van der Waals surface area contributed by atoms with Gasteiger partial charge in [-0.2, -0.15) is 0 Å². The van der Waals surface area contributed by atoms with Crippen molar-refractivity contribution in [3.05, 3.63) is 24.4 Å². The van der Waals surface area contributed by atoms with Gasteiger partial charge in [-0.1, -0.05) is 25.2 Å². The minimum Gasteiger partial charge on any atom is -0.444 e. The summed E-state index contributed by atoms with van der Waals surface area (Å²) in [4.78, 5) is 17.3. The van der Waals surface area contributed by atoms with E-state index < -0.39 is 0 Å². The van der Waals surface area contributed by atoms with Crippen LogP contribution in [-0.2, 0) is 0 Å². The summed E-state index contributed by atoms with van der Waals surface area (Å²) in [5.74, 6) is 0.746. The molecule has 1 heterocycles. The van der Waals surface area contributed by atoms with Gasteiger partial charge in [-0.15, -0.1) is 11.8 Å². The maximum Gasteiger partial charge on any atom is 0.319 e. The molecule has 0 radical (unpaired) electrons. The lowest BCUT2D eigenvalue weighted by molar-refractivity contribution is 0.247. The molecule has 0 aliphatic rings. The van der Waals surface area contributed by atoms with E-state index in [-0.39, 0.29) is 12.1 Å². The van der Waals surface area contributed by atoms with Gasteiger partial charge >= 0.3 is 6.03 Å². The molecule has 2 amide bonds. The third-order valence-electron chi connectivity index (χ3n) is 3.77. The zero-order valence-corrected chi connectivity index (χ0v) is 17.2. The van der Waals surface area contributed by atoms with Gasteiger partial charge in [-0.25, -0.2) is 9.78 Å². The van der Waals surface area contributed by atoms with Crippen molar-refractivity contribution in [2.75, 3.05) is 23.4 Å². The van der Waals surface area contributed by atoms with Gasteiger partial charge in [0.15, 0.2) is 5.13 Å². The first-order valence-electron chi connectivity index (χ1n) is 8.72. The van der Waals surface area contributed by atoms with E-state index in [4.69, 9.17) is 4.74 Å². The number of benzene rings is 1. The first-order valence-corrected chi connectivity index (χ1v) is 10.8. The monoisotopic (exact) mass is 394 g/mol. The second kappa shape index (κ2) is 10.3. The number of urea groups is 1. The summed E-state index contributed by atoms with van der Waals surface area (Å²) < 4.78 is 5.95. The van der Waals surface area contributed by atoms with E-state index in [1.807, 2.05) is 31.4 Å². The number of hydrogen-bond donors (Lipinski definition) is 3. The van der Waals surface area contributed by atoms with E-state index in [9.17, 15) is 4.79 Å². The number of nitrogens with zero attached hydrogens (tertiary/aromatic N) is 1. The third kappa shape index (κ3) is 5.81. The van der Waals surface area contributed by atoms with Crippen LogP contribution in [0.4, 0.5) is 15.6 Å². The van der Waals surface area contributed by atoms with Gasteiger partial charge in [0.1, 0.15) is 5.75 Å². The Hall–Kier alpha value is -1.93. The van der Waals surface area contributed by atoms with Crippen molar-refractivity contribution < 1.29 is 9.53 Å². The molecule has 0 spiro atoms. The number of aromatic nitrogens is 1. The summed E-state index contributed by atoms with van der Waals surface area (Å²) in [6, 6.07) is 5.63. The normalized spacial score (nSPS) is 10.7. The summed E-state index contributed by atoms with van der Waals surface area (Å²) in [6.07, 6.45) is 5.52. The molecule has 3 N–H and O–H groups in total. The standard InChI is InChI=1S/C18H26N4O2S2/c1-5-12(6-2)21-17(23)22-13-8-9-14(15(10-13)25-4)24-16-11-20-18(26-16)19-7-3/h8-12H,5-7H2,1-4H3,(H,19,20)(H2,21,22,23). The molecule has 0 unspecified atom stereocenters. The highest BCUT2D eigenvalue weighted by molar-refractivity contribution is 7.98. The Morgan fingerprint density at radius 3 is 2.73 bits per heavy atom. The number of nitrogens with one attached hydrogen (secondary N) is 3. The highest BCUT2D eigenvalue weighted by atomic mass is 32.2. The third-order valence-corrected chi connectivity index (χ3v) is 5.36. The second-order valence-electron chi connectivity index (χ2n) is 5.59. The van der Waals surface area contributed by atoms with Gasteiger partial charge in [-0.3, -0.25) is 0 Å². The first kappa shape index (κ1) is 20.4. The Bertz CT molecular complexity index is 717. The van der Waals surface area contributed by atoms with E-state index in [2.05, 4.69) is 34.8 Å². The van der Waals surface area contributed by atoms with Crippen molar-refractivity contribution in [3.8, 4) is 10.8 Å². The van der Waals surface area contributed by atoms with Gasteiger partial charge in [-0.05, 0) is 44.2 Å². The minimum atomic E-state index is -0.183. The first-order chi connectivity index (χ1) is 12.6. The molecule has 26 heavy (non-hydrogen) atoms. The molecule has 8 heteroatoms. The Labute approximate surface area is 163 Å². The number of thiazole rings is 1. The average Bonchev–Trinajstić information content (AvgIpc) is 3.08. The lowest BCUT2D eigenvalue weighted by Gasteiger charge is -2.16. The van der Waals surface area contributed by atoms with Crippen molar-refractivity contribution in [1.82, 2.24) is 10.3 Å². The maximum atomic E-state index is 12.1. The molecular formula is C18H26N4O2S2. The highest BCUT2D eigenvalue weighted by Crippen LogP contribution is 2.36. The average molecular weight is 395 g/mol. The van der Waals surface area contributed by atoms with Crippen LogP contribution in [0.1, 0.15) is 33.6 Å². The maximum absolute atomic E-state index is 12.1. The minimum absolute atomic E-state index is 0.183. The number of hydrogen-bond acceptors (Lipinski definition) is 6. The Morgan fingerprint density at radius 1 is 1.31 bits per heavy atom. The van der Waals surface area contributed by atoms with Crippen molar-refractivity contribution in [1.29, 1.82) is 0 Å². The van der Waals surface area contributed by atoms with E-state index in [0.717, 1.165) is 45.9 Å². The fraction of sp³-hybridized carbons (Fsp3) is 0.444. The lowest BCUT2D eigenvalue weighted by atomic mass is 10.2. The summed E-state index contributed by atoms with van der Waals surface area (Å²) in [7, 11) is 0. The van der Waals surface area contributed by atoms with Gasteiger partial charge in [0.25, 0.3) is 0 Å². The molecule has 0 atom stereocenters. The molecule has 0 saturated carbocycles. The summed E-state index contributed by atoms with van der Waals surface area (Å²) in [5.41, 5.74) is 0.739. The quantitative estimate of drug-likeness (QED) is 0.497. The van der Waals surface area contributed by atoms with Crippen LogP contribution in [0.25, 0.3) is 0 Å². The molecule has 0 aliphatic heterocycles. The number of amides is 2. The fourth-order valence-electron chi connectivity index (χ4n) is 2.32. The van der Waals surface area contributed by atoms with Gasteiger partial charge in [0, 0.05) is 18.3 Å². The summed E-state index contributed by atoms with van der Waals surface area (Å²) in [6.45, 7) is 6.97. The predicted molar refractivity (Wildman–Crippen MR) is 111 cm³/mol. The molecule has 0 saturated heterocycles. The molecule has 1 aromatic heterocycles. The molecule has 0 bridgehead atoms. The van der Waals surface area contributed by atoms with Crippen molar-refractivity contribution in [2.45, 2.75) is 44.6 Å². The van der Waals surface area contributed by atoms with Crippen LogP contribution in [0.5, 0.6) is 10.8 Å². The van der Waals surface area contributed by atoms with E-state index in [1.165, 1.54) is 11.3 Å². The number of rotatable bonds is 9. The SMILES string of the molecule is CCNc1ncc(Oc2ccc(NC(=O)NC(CC)CC)cc2SC)s1. The molecule has 6 nitrogen and oxygen atoms in total. The number of carbonyl (C=O) groups excluding carboxylic acids is 1. The number of carbonyl (C=O) groups is 1. The van der Waals surface area contributed by atoms with Crippen LogP contribution >= 0.6 is 23.1 Å². The van der Waals surface area contributed by atoms with Crippen LogP contribution in [0, 0.1) is 0 Å². The number of ether oxygens (including phenoxy) is 1. The lowest BCUT2D eigenvalue weighted by Crippen LogP contribution is -2.37. The topological polar surface area (TPSA) is 75.3 Å². The molecule has 2 aromatic rings. The van der Waals surface area contributed by atoms with Crippen LogP contribution in [-0.4, -0.2) is 29.9 Å². The van der Waals surface area contributed by atoms with Crippen molar-refractivity contribution in [3.63, 3.8) is 0 Å². The summed E-state index contributed by atoms with van der Waals surface area (Å²) >= 11 is 3.03. The van der Waals surface area contributed by atoms with Gasteiger partial charge in [0.2, 0.25) is 5.06 Å². The summed E-state index contributed by atoms with van der Waals surface area (Å²) in [5, 5.41) is 10.6. The smallest absolute Gasteiger partial charge is 0.319 e. The fourth-order valence-corrected chi connectivity index (χ4v) is 3.63. The largest absolute Gasteiger partial charge is 0.444 e. The second-order valence-corrected chi connectivity index (χ2v) is 7.44. The molecule has 0 fully saturated rings. The number of thioether (sulfide) groups is 1. The van der Waals surface area contributed by atoms with Crippen LogP contribution < -0.4 is 20.7 Å². The van der Waals surface area contributed by atoms with Crippen LogP contribution in [0.2, 0.25) is 0 Å². The highest BCUT2D eigenvalue weighted by Gasteiger charge is 2.12. The van der Waals surface area contributed by atoms with E-state index >= 15 is 0 Å². The number of anilines is 2. The van der Waals surface area contributed by atoms with Crippen molar-refractivity contribution in [2.24, 2.45) is 0 Å². The van der Waals surface area contributed by atoms with Crippen LogP contribution in [0.15, 0.2) is 29.3 Å². The van der Waals surface area contributed by atoms with Crippen LogP contribution in [0.3, 0.4) is 0 Å². The molecule has 2 rings (SSSR count). The Kier molecular flexibility index (Phi) is 8.06. The van der Waals surface area contributed by atoms with Gasteiger partial charge in [0.05, 0.1) is 11.1 Å². The zero-order valence-electron chi connectivity index (χ0n) is 15.6.